The number of fused-ring (bicyclic) bond motifs is 1. The molecule has 5 nitrogen and oxygen atoms in total. The third kappa shape index (κ3) is 3.69. The van der Waals surface area contributed by atoms with E-state index < -0.39 is 5.56 Å². The Balaban J connectivity index is 1.52. The maximum absolute atomic E-state index is 12.9. The van der Waals surface area contributed by atoms with Crippen molar-refractivity contribution in [1.29, 1.82) is 0 Å². The predicted molar refractivity (Wildman–Crippen MR) is 122 cm³/mol. The first-order valence-corrected chi connectivity index (χ1v) is 10.5. The summed E-state index contributed by atoms with van der Waals surface area (Å²) in [7, 11) is 0. The molecule has 5 rings (SSSR count). The van der Waals surface area contributed by atoms with Gasteiger partial charge in [0.2, 0.25) is 0 Å². The van der Waals surface area contributed by atoms with Crippen molar-refractivity contribution in [1.82, 2.24) is 14.6 Å². The van der Waals surface area contributed by atoms with Crippen LogP contribution in [-0.4, -0.2) is 19.7 Å². The van der Waals surface area contributed by atoms with Gasteiger partial charge in [-0.25, -0.2) is 4.98 Å². The summed E-state index contributed by atoms with van der Waals surface area (Å²) in [6.45, 7) is 0. The van der Waals surface area contributed by atoms with Gasteiger partial charge < -0.3 is 5.11 Å². The molecule has 0 radical (unpaired) electrons. The van der Waals surface area contributed by atoms with E-state index in [-0.39, 0.29) is 11.0 Å². The van der Waals surface area contributed by atoms with E-state index in [2.05, 4.69) is 22.2 Å². The predicted octanol–water partition coefficient (Wildman–Crippen LogP) is 4.34. The van der Waals surface area contributed by atoms with Crippen LogP contribution in [0.15, 0.2) is 112 Å². The van der Waals surface area contributed by atoms with Crippen molar-refractivity contribution < 1.29 is 5.11 Å². The SMILES string of the molecule is O=c1/c(=C(\O)c2ccccc2)cnc2c(-c3ccc(Sc4ccccc4)cc3)cnn12. The molecule has 5 aromatic rings. The average Bonchev–Trinajstić information content (AvgIpc) is 3.26. The second-order valence-corrected chi connectivity index (χ2v) is 8.07. The molecule has 0 unspecified atom stereocenters. The highest BCUT2D eigenvalue weighted by Gasteiger charge is 2.13. The first kappa shape index (κ1) is 19.1. The quantitative estimate of drug-likeness (QED) is 0.466. The molecule has 0 aliphatic rings. The molecule has 0 saturated heterocycles. The van der Waals surface area contributed by atoms with Gasteiger partial charge in [-0.15, -0.1) is 0 Å². The fraction of sp³-hybridized carbons (Fsp3) is 0. The zero-order valence-corrected chi connectivity index (χ0v) is 17.2. The molecule has 0 fully saturated rings. The molecule has 0 saturated carbocycles. The van der Waals surface area contributed by atoms with Crippen LogP contribution >= 0.6 is 11.8 Å². The Kier molecular flexibility index (Phi) is 4.98. The van der Waals surface area contributed by atoms with Crippen LogP contribution in [0.2, 0.25) is 0 Å². The first-order chi connectivity index (χ1) is 15.2. The van der Waals surface area contributed by atoms with Gasteiger partial charge in [-0.05, 0) is 29.8 Å². The Labute approximate surface area is 182 Å². The van der Waals surface area contributed by atoms with Gasteiger partial charge in [0.25, 0.3) is 5.56 Å². The normalized spacial score (nSPS) is 12.1. The van der Waals surface area contributed by atoms with Crippen LogP contribution in [0, 0.1) is 0 Å². The van der Waals surface area contributed by atoms with E-state index in [0.29, 0.717) is 11.2 Å². The minimum atomic E-state index is -0.408. The molecule has 0 aliphatic carbocycles. The standard InChI is InChI=1S/C25H17N3O2S/c29-23(18-7-3-1-4-8-18)22-15-26-24-21(16-27-28(24)25(22)30)17-11-13-20(14-12-17)31-19-9-5-2-6-10-19/h1-16,29H/b23-22-. The summed E-state index contributed by atoms with van der Waals surface area (Å²) in [4.78, 5) is 19.6. The second-order valence-electron chi connectivity index (χ2n) is 6.92. The van der Waals surface area contributed by atoms with Crippen molar-refractivity contribution in [3.63, 3.8) is 0 Å². The molecule has 0 bridgehead atoms. The van der Waals surface area contributed by atoms with Gasteiger partial charge in [0, 0.05) is 27.1 Å². The molecule has 150 valence electrons. The number of hydrogen-bond acceptors (Lipinski definition) is 5. The number of aromatic nitrogens is 3. The maximum Gasteiger partial charge on any atom is 0.285 e. The lowest BCUT2D eigenvalue weighted by Crippen LogP contribution is -2.34. The van der Waals surface area contributed by atoms with E-state index in [1.807, 2.05) is 48.5 Å². The number of hydrogen-bond donors (Lipinski definition) is 1. The summed E-state index contributed by atoms with van der Waals surface area (Å²) in [5.41, 5.74) is 2.29. The van der Waals surface area contributed by atoms with Crippen molar-refractivity contribution in [3.8, 4) is 11.1 Å². The first-order valence-electron chi connectivity index (χ1n) is 9.69. The van der Waals surface area contributed by atoms with Gasteiger partial charge in [-0.1, -0.05) is 72.4 Å². The largest absolute Gasteiger partial charge is 0.506 e. The molecule has 2 heterocycles. The second kappa shape index (κ2) is 8.08. The minimum Gasteiger partial charge on any atom is -0.506 e. The molecule has 31 heavy (non-hydrogen) atoms. The van der Waals surface area contributed by atoms with Gasteiger partial charge in [0.15, 0.2) is 5.65 Å². The highest BCUT2D eigenvalue weighted by molar-refractivity contribution is 7.99. The van der Waals surface area contributed by atoms with Gasteiger partial charge in [-0.2, -0.15) is 9.61 Å². The number of nitrogens with zero attached hydrogens (tertiary/aromatic N) is 3. The number of aliphatic hydroxyl groups excluding tert-OH is 1. The fourth-order valence-electron chi connectivity index (χ4n) is 3.35. The fourth-order valence-corrected chi connectivity index (χ4v) is 4.19. The monoisotopic (exact) mass is 423 g/mol. The molecular weight excluding hydrogens is 406 g/mol. The van der Waals surface area contributed by atoms with Crippen LogP contribution in [0.5, 0.6) is 0 Å². The summed E-state index contributed by atoms with van der Waals surface area (Å²) in [6.07, 6.45) is 3.04. The number of rotatable bonds is 4. The average molecular weight is 423 g/mol. The molecule has 0 atom stereocenters. The third-order valence-corrected chi connectivity index (χ3v) is 5.94. The van der Waals surface area contributed by atoms with Crippen molar-refractivity contribution in [3.05, 3.63) is 118 Å². The topological polar surface area (TPSA) is 67.5 Å². The van der Waals surface area contributed by atoms with Crippen LogP contribution in [0.3, 0.4) is 0 Å². The maximum atomic E-state index is 12.9. The van der Waals surface area contributed by atoms with Crippen molar-refractivity contribution in [2.45, 2.75) is 9.79 Å². The van der Waals surface area contributed by atoms with E-state index in [4.69, 9.17) is 0 Å². The molecule has 1 N–H and O–H groups in total. The van der Waals surface area contributed by atoms with E-state index in [0.717, 1.165) is 16.0 Å². The zero-order chi connectivity index (χ0) is 21.2. The molecule has 2 aromatic heterocycles. The van der Waals surface area contributed by atoms with Crippen LogP contribution in [0.1, 0.15) is 5.56 Å². The zero-order valence-electron chi connectivity index (χ0n) is 16.3. The summed E-state index contributed by atoms with van der Waals surface area (Å²) in [5.74, 6) is -0.112. The Morgan fingerprint density at radius 3 is 2.16 bits per heavy atom. The van der Waals surface area contributed by atoms with Crippen LogP contribution in [0.4, 0.5) is 0 Å². The Bertz CT molecular complexity index is 1470. The summed E-state index contributed by atoms with van der Waals surface area (Å²) in [6, 6.07) is 27.2. The Morgan fingerprint density at radius 1 is 0.806 bits per heavy atom. The minimum absolute atomic E-state index is 0.112. The van der Waals surface area contributed by atoms with Crippen molar-refractivity contribution in [2.75, 3.05) is 0 Å². The van der Waals surface area contributed by atoms with Gasteiger partial charge in [0.05, 0.1) is 6.20 Å². The number of benzene rings is 3. The highest BCUT2D eigenvalue weighted by atomic mass is 32.2. The summed E-state index contributed by atoms with van der Waals surface area (Å²) >= 11 is 1.69. The molecule has 3 aromatic carbocycles. The highest BCUT2D eigenvalue weighted by Crippen LogP contribution is 2.30. The van der Waals surface area contributed by atoms with E-state index in [1.165, 1.54) is 15.6 Å². The van der Waals surface area contributed by atoms with Crippen LogP contribution < -0.4 is 10.8 Å². The number of aliphatic hydroxyl groups is 1. The van der Waals surface area contributed by atoms with Gasteiger partial charge in [0.1, 0.15) is 11.0 Å². The van der Waals surface area contributed by atoms with Crippen molar-refractivity contribution in [2.24, 2.45) is 0 Å². The van der Waals surface area contributed by atoms with Gasteiger partial charge >= 0.3 is 0 Å². The smallest absolute Gasteiger partial charge is 0.285 e. The lowest BCUT2D eigenvalue weighted by Gasteiger charge is -2.04. The molecule has 0 amide bonds. The van der Waals surface area contributed by atoms with E-state index in [9.17, 15) is 9.90 Å². The molecule has 6 heteroatoms. The molecule has 0 spiro atoms. The van der Waals surface area contributed by atoms with Crippen LogP contribution in [0.25, 0.3) is 22.5 Å². The van der Waals surface area contributed by atoms with Crippen molar-refractivity contribution >= 4 is 23.2 Å². The molecule has 0 aliphatic heterocycles. The summed E-state index contributed by atoms with van der Waals surface area (Å²) < 4.78 is 1.23. The Morgan fingerprint density at radius 2 is 1.45 bits per heavy atom. The third-order valence-electron chi connectivity index (χ3n) is 4.93. The van der Waals surface area contributed by atoms with Gasteiger partial charge in [-0.3, -0.25) is 4.79 Å². The van der Waals surface area contributed by atoms with E-state index in [1.54, 1.807) is 42.2 Å². The lowest BCUT2D eigenvalue weighted by molar-refractivity contribution is 0.506. The van der Waals surface area contributed by atoms with Crippen LogP contribution in [-0.2, 0) is 0 Å². The lowest BCUT2D eigenvalue weighted by atomic mass is 10.1. The summed E-state index contributed by atoms with van der Waals surface area (Å²) in [5, 5.41) is 14.9. The van der Waals surface area contributed by atoms with E-state index >= 15 is 0 Å². The Hall–Kier alpha value is -3.90. The molecular formula is C25H17N3O2S.